The summed E-state index contributed by atoms with van der Waals surface area (Å²) >= 11 is 0. The maximum absolute atomic E-state index is 12.4. The molecule has 0 fully saturated rings. The standard InChI is InChI=1S/C20H26N2O3/c1-4-22(17-9-7-6-8-10-17)20(23)21-14-13-16-11-12-18(25-5-2)19(15-16)24-3/h6-12,15H,4-5,13-14H2,1-3H3,(H,21,23). The number of para-hydroxylation sites is 1. The van der Waals surface area contributed by atoms with Crippen molar-refractivity contribution in [2.24, 2.45) is 0 Å². The third-order valence-corrected chi connectivity index (χ3v) is 3.85. The molecule has 0 aliphatic rings. The van der Waals surface area contributed by atoms with Crippen molar-refractivity contribution >= 4 is 11.7 Å². The zero-order chi connectivity index (χ0) is 18.1. The lowest BCUT2D eigenvalue weighted by molar-refractivity contribution is 0.246. The Hall–Kier alpha value is -2.69. The first-order chi connectivity index (χ1) is 12.2. The smallest absolute Gasteiger partial charge is 0.321 e. The number of carbonyl (C=O) groups excluding carboxylic acids is 1. The molecular weight excluding hydrogens is 316 g/mol. The second-order valence-corrected chi connectivity index (χ2v) is 5.48. The van der Waals surface area contributed by atoms with Gasteiger partial charge in [0, 0.05) is 18.8 Å². The molecular formula is C20H26N2O3. The molecule has 0 aliphatic carbocycles. The highest BCUT2D eigenvalue weighted by Gasteiger charge is 2.13. The molecule has 25 heavy (non-hydrogen) atoms. The normalized spacial score (nSPS) is 10.2. The summed E-state index contributed by atoms with van der Waals surface area (Å²) in [5, 5.41) is 2.97. The maximum atomic E-state index is 12.4. The number of nitrogens with one attached hydrogen (secondary N) is 1. The molecule has 1 N–H and O–H groups in total. The van der Waals surface area contributed by atoms with E-state index in [0.29, 0.717) is 25.4 Å². The van der Waals surface area contributed by atoms with Gasteiger partial charge in [-0.1, -0.05) is 24.3 Å². The van der Waals surface area contributed by atoms with E-state index in [4.69, 9.17) is 9.47 Å². The number of benzene rings is 2. The van der Waals surface area contributed by atoms with Gasteiger partial charge in [-0.15, -0.1) is 0 Å². The maximum Gasteiger partial charge on any atom is 0.321 e. The Labute approximate surface area is 149 Å². The summed E-state index contributed by atoms with van der Waals surface area (Å²) in [5.74, 6) is 1.45. The number of rotatable bonds is 8. The zero-order valence-electron chi connectivity index (χ0n) is 15.1. The minimum Gasteiger partial charge on any atom is -0.493 e. The predicted molar refractivity (Wildman–Crippen MR) is 101 cm³/mol. The van der Waals surface area contributed by atoms with Crippen LogP contribution in [0.15, 0.2) is 48.5 Å². The Balaban J connectivity index is 1.92. The van der Waals surface area contributed by atoms with Crippen LogP contribution >= 0.6 is 0 Å². The van der Waals surface area contributed by atoms with Gasteiger partial charge in [0.25, 0.3) is 0 Å². The Morgan fingerprint density at radius 3 is 2.48 bits per heavy atom. The van der Waals surface area contributed by atoms with Crippen LogP contribution in [0.3, 0.4) is 0 Å². The third-order valence-electron chi connectivity index (χ3n) is 3.85. The predicted octanol–water partition coefficient (Wildman–Crippen LogP) is 3.87. The van der Waals surface area contributed by atoms with Crippen molar-refractivity contribution in [2.75, 3.05) is 31.7 Å². The van der Waals surface area contributed by atoms with Gasteiger partial charge in [0.1, 0.15) is 0 Å². The number of hydrogen-bond acceptors (Lipinski definition) is 3. The van der Waals surface area contributed by atoms with Crippen LogP contribution in [0.2, 0.25) is 0 Å². The molecule has 2 rings (SSSR count). The summed E-state index contributed by atoms with van der Waals surface area (Å²) in [5.41, 5.74) is 1.98. The largest absolute Gasteiger partial charge is 0.493 e. The number of nitrogens with zero attached hydrogens (tertiary/aromatic N) is 1. The topological polar surface area (TPSA) is 50.8 Å². The minimum absolute atomic E-state index is 0.0911. The van der Waals surface area contributed by atoms with Crippen molar-refractivity contribution in [3.05, 3.63) is 54.1 Å². The molecule has 0 radical (unpaired) electrons. The van der Waals surface area contributed by atoms with Crippen molar-refractivity contribution in [1.29, 1.82) is 0 Å². The molecule has 0 saturated heterocycles. The van der Waals surface area contributed by atoms with Crippen molar-refractivity contribution in [1.82, 2.24) is 5.32 Å². The Bertz CT molecular complexity index is 674. The van der Waals surface area contributed by atoms with E-state index < -0.39 is 0 Å². The van der Waals surface area contributed by atoms with Crippen LogP contribution in [-0.2, 0) is 6.42 Å². The van der Waals surface area contributed by atoms with Crippen LogP contribution in [0.5, 0.6) is 11.5 Å². The summed E-state index contributed by atoms with van der Waals surface area (Å²) in [6, 6.07) is 15.4. The van der Waals surface area contributed by atoms with E-state index in [1.54, 1.807) is 12.0 Å². The SMILES string of the molecule is CCOc1ccc(CCNC(=O)N(CC)c2ccccc2)cc1OC. The van der Waals surface area contributed by atoms with E-state index in [1.165, 1.54) is 0 Å². The number of anilines is 1. The summed E-state index contributed by atoms with van der Waals surface area (Å²) in [6.07, 6.45) is 0.723. The molecule has 0 spiro atoms. The van der Waals surface area contributed by atoms with Crippen LogP contribution in [-0.4, -0.2) is 32.8 Å². The van der Waals surface area contributed by atoms with Crippen molar-refractivity contribution in [2.45, 2.75) is 20.3 Å². The Morgan fingerprint density at radius 2 is 1.84 bits per heavy atom. The summed E-state index contributed by atoms with van der Waals surface area (Å²) in [6.45, 7) is 5.67. The number of ether oxygens (including phenoxy) is 2. The van der Waals surface area contributed by atoms with E-state index in [0.717, 1.165) is 23.4 Å². The Morgan fingerprint density at radius 1 is 1.08 bits per heavy atom. The van der Waals surface area contributed by atoms with Gasteiger partial charge in [-0.25, -0.2) is 4.79 Å². The summed E-state index contributed by atoms with van der Waals surface area (Å²) in [7, 11) is 1.63. The quantitative estimate of drug-likeness (QED) is 0.792. The first-order valence-corrected chi connectivity index (χ1v) is 8.59. The average Bonchev–Trinajstić information content (AvgIpc) is 2.64. The summed E-state index contributed by atoms with van der Waals surface area (Å²) < 4.78 is 10.9. The van der Waals surface area contributed by atoms with Gasteiger partial charge in [-0.05, 0) is 50.1 Å². The Kier molecular flexibility index (Phi) is 7.14. The highest BCUT2D eigenvalue weighted by Crippen LogP contribution is 2.28. The highest BCUT2D eigenvalue weighted by atomic mass is 16.5. The molecule has 134 valence electrons. The fraction of sp³-hybridized carbons (Fsp3) is 0.350. The molecule has 2 aromatic carbocycles. The fourth-order valence-corrected chi connectivity index (χ4v) is 2.60. The van der Waals surface area contributed by atoms with Gasteiger partial charge in [-0.3, -0.25) is 4.90 Å². The number of hydrogen-bond donors (Lipinski definition) is 1. The molecule has 2 amide bonds. The molecule has 0 aromatic heterocycles. The lowest BCUT2D eigenvalue weighted by Gasteiger charge is -2.21. The van der Waals surface area contributed by atoms with Gasteiger partial charge in [-0.2, -0.15) is 0 Å². The molecule has 0 bridgehead atoms. The van der Waals surface area contributed by atoms with Crippen LogP contribution in [0.25, 0.3) is 0 Å². The molecule has 0 atom stereocenters. The molecule has 5 heteroatoms. The monoisotopic (exact) mass is 342 g/mol. The molecule has 0 aliphatic heterocycles. The van der Waals surface area contributed by atoms with E-state index in [2.05, 4.69) is 5.32 Å². The van der Waals surface area contributed by atoms with Crippen LogP contribution in [0, 0.1) is 0 Å². The lowest BCUT2D eigenvalue weighted by Crippen LogP contribution is -2.40. The van der Waals surface area contributed by atoms with Crippen LogP contribution in [0.4, 0.5) is 10.5 Å². The average molecular weight is 342 g/mol. The van der Waals surface area contributed by atoms with E-state index in [1.807, 2.05) is 62.4 Å². The van der Waals surface area contributed by atoms with E-state index in [-0.39, 0.29) is 6.03 Å². The first-order valence-electron chi connectivity index (χ1n) is 8.59. The number of urea groups is 1. The van der Waals surface area contributed by atoms with Crippen LogP contribution < -0.4 is 19.7 Å². The van der Waals surface area contributed by atoms with Gasteiger partial charge >= 0.3 is 6.03 Å². The summed E-state index contributed by atoms with van der Waals surface area (Å²) in [4.78, 5) is 14.1. The van der Waals surface area contributed by atoms with Crippen molar-refractivity contribution in [3.8, 4) is 11.5 Å². The minimum atomic E-state index is -0.0911. The van der Waals surface area contributed by atoms with Crippen LogP contribution in [0.1, 0.15) is 19.4 Å². The lowest BCUT2D eigenvalue weighted by atomic mass is 10.1. The van der Waals surface area contributed by atoms with Crippen molar-refractivity contribution in [3.63, 3.8) is 0 Å². The molecule has 0 saturated carbocycles. The van der Waals surface area contributed by atoms with Gasteiger partial charge in [0.2, 0.25) is 0 Å². The second-order valence-electron chi connectivity index (χ2n) is 5.48. The second kappa shape index (κ2) is 9.57. The van der Waals surface area contributed by atoms with Gasteiger partial charge < -0.3 is 14.8 Å². The van der Waals surface area contributed by atoms with Gasteiger partial charge in [0.15, 0.2) is 11.5 Å². The number of carbonyl (C=O) groups is 1. The molecule has 0 heterocycles. The first kappa shape index (κ1) is 18.6. The van der Waals surface area contributed by atoms with E-state index >= 15 is 0 Å². The molecule has 5 nitrogen and oxygen atoms in total. The zero-order valence-corrected chi connectivity index (χ0v) is 15.1. The number of methoxy groups -OCH3 is 1. The molecule has 0 unspecified atom stereocenters. The van der Waals surface area contributed by atoms with Gasteiger partial charge in [0.05, 0.1) is 13.7 Å². The van der Waals surface area contributed by atoms with E-state index in [9.17, 15) is 4.79 Å². The van der Waals surface area contributed by atoms with Crippen molar-refractivity contribution < 1.29 is 14.3 Å². The molecule has 2 aromatic rings. The third kappa shape index (κ3) is 5.14. The number of amides is 2. The highest BCUT2D eigenvalue weighted by molar-refractivity contribution is 5.91. The fourth-order valence-electron chi connectivity index (χ4n) is 2.60.